The maximum Gasteiger partial charge on any atom is 0.337 e. The molecule has 1 saturated heterocycles. The van der Waals surface area contributed by atoms with Gasteiger partial charge in [0.15, 0.2) is 5.60 Å². The van der Waals surface area contributed by atoms with Gasteiger partial charge >= 0.3 is 5.97 Å². The molecule has 0 aromatic carbocycles. The number of amides is 1. The lowest BCUT2D eigenvalue weighted by molar-refractivity contribution is -0.156. The molecule has 1 fully saturated rings. The average Bonchev–Trinajstić information content (AvgIpc) is 2.61. The topological polar surface area (TPSA) is 98.7 Å². The Hall–Kier alpha value is -1.14. The summed E-state index contributed by atoms with van der Waals surface area (Å²) in [5.74, 6) is -1.70. The van der Waals surface area contributed by atoms with E-state index < -0.39 is 11.6 Å². The smallest absolute Gasteiger partial charge is 0.337 e. The number of carbonyl (C=O) groups excluding carboxylic acids is 1. The molecule has 4 N–H and O–H groups in total. The Labute approximate surface area is 94.0 Å². The summed E-state index contributed by atoms with van der Waals surface area (Å²) in [7, 11) is 0. The first kappa shape index (κ1) is 12.9. The molecule has 16 heavy (non-hydrogen) atoms. The van der Waals surface area contributed by atoms with Crippen molar-refractivity contribution in [2.45, 2.75) is 31.9 Å². The fourth-order valence-electron chi connectivity index (χ4n) is 1.68. The minimum atomic E-state index is -1.91. The number of aliphatic hydroxyl groups is 1. The second kappa shape index (κ2) is 4.80. The van der Waals surface area contributed by atoms with Gasteiger partial charge in [-0.3, -0.25) is 4.79 Å². The van der Waals surface area contributed by atoms with E-state index in [-0.39, 0.29) is 24.4 Å². The SMILES string of the molecule is CC1NCCC1C(=O)NCC(C)(O)C(=O)O. The number of nitrogens with one attached hydrogen (secondary N) is 2. The van der Waals surface area contributed by atoms with Crippen LogP contribution in [-0.4, -0.2) is 46.8 Å². The van der Waals surface area contributed by atoms with Crippen molar-refractivity contribution >= 4 is 11.9 Å². The third-order valence-corrected chi connectivity index (χ3v) is 2.93. The van der Waals surface area contributed by atoms with Gasteiger partial charge in [-0.25, -0.2) is 4.79 Å². The summed E-state index contributed by atoms with van der Waals surface area (Å²) in [5.41, 5.74) is -1.91. The van der Waals surface area contributed by atoms with E-state index in [0.29, 0.717) is 0 Å². The van der Waals surface area contributed by atoms with Crippen molar-refractivity contribution in [2.24, 2.45) is 5.92 Å². The van der Waals surface area contributed by atoms with Crippen LogP contribution in [0, 0.1) is 5.92 Å². The minimum Gasteiger partial charge on any atom is -0.479 e. The number of carbonyl (C=O) groups is 2. The second-order valence-electron chi connectivity index (χ2n) is 4.43. The monoisotopic (exact) mass is 230 g/mol. The van der Waals surface area contributed by atoms with E-state index in [2.05, 4.69) is 10.6 Å². The van der Waals surface area contributed by atoms with Crippen LogP contribution in [0.3, 0.4) is 0 Å². The van der Waals surface area contributed by atoms with Crippen molar-refractivity contribution in [3.63, 3.8) is 0 Å². The number of carboxylic acids is 1. The first-order valence-corrected chi connectivity index (χ1v) is 5.31. The van der Waals surface area contributed by atoms with Crippen LogP contribution in [0.2, 0.25) is 0 Å². The Balaban J connectivity index is 2.44. The normalized spacial score (nSPS) is 28.4. The van der Waals surface area contributed by atoms with Crippen LogP contribution in [0.15, 0.2) is 0 Å². The molecule has 0 bridgehead atoms. The molecule has 92 valence electrons. The molecule has 0 aliphatic carbocycles. The molecule has 6 nitrogen and oxygen atoms in total. The number of rotatable bonds is 4. The van der Waals surface area contributed by atoms with E-state index in [0.717, 1.165) is 19.9 Å². The summed E-state index contributed by atoms with van der Waals surface area (Å²) in [6, 6.07) is 0.0924. The van der Waals surface area contributed by atoms with Crippen molar-refractivity contribution in [1.82, 2.24) is 10.6 Å². The molecular formula is C10H18N2O4. The molecule has 3 atom stereocenters. The van der Waals surface area contributed by atoms with E-state index in [1.54, 1.807) is 0 Å². The fraction of sp³-hybridized carbons (Fsp3) is 0.800. The Morgan fingerprint density at radius 3 is 2.62 bits per heavy atom. The molecule has 0 spiro atoms. The first-order valence-electron chi connectivity index (χ1n) is 5.31. The summed E-state index contributed by atoms with van der Waals surface area (Å²) in [6.45, 7) is 3.58. The van der Waals surface area contributed by atoms with E-state index in [1.165, 1.54) is 0 Å². The number of hydrogen-bond donors (Lipinski definition) is 4. The Morgan fingerprint density at radius 2 is 2.19 bits per heavy atom. The molecule has 0 aromatic rings. The van der Waals surface area contributed by atoms with Gasteiger partial charge in [0.1, 0.15) is 0 Å². The van der Waals surface area contributed by atoms with Gasteiger partial charge < -0.3 is 20.8 Å². The van der Waals surface area contributed by atoms with Crippen molar-refractivity contribution in [2.75, 3.05) is 13.1 Å². The predicted molar refractivity (Wildman–Crippen MR) is 56.8 cm³/mol. The van der Waals surface area contributed by atoms with E-state index in [9.17, 15) is 14.7 Å². The van der Waals surface area contributed by atoms with Gasteiger partial charge in [-0.05, 0) is 26.8 Å². The average molecular weight is 230 g/mol. The minimum absolute atomic E-state index is 0.0924. The summed E-state index contributed by atoms with van der Waals surface area (Å²) in [4.78, 5) is 22.3. The molecule has 0 saturated carbocycles. The number of carboxylic acid groups (broad SMARTS) is 1. The first-order chi connectivity index (χ1) is 7.34. The van der Waals surface area contributed by atoms with Gasteiger partial charge in [0, 0.05) is 6.04 Å². The van der Waals surface area contributed by atoms with E-state index in [1.807, 2.05) is 6.92 Å². The lowest BCUT2D eigenvalue weighted by atomic mass is 10.0. The molecule has 0 radical (unpaired) electrons. The highest BCUT2D eigenvalue weighted by atomic mass is 16.4. The molecular weight excluding hydrogens is 212 g/mol. The van der Waals surface area contributed by atoms with Gasteiger partial charge in [0.05, 0.1) is 12.5 Å². The molecule has 3 unspecified atom stereocenters. The fourth-order valence-corrected chi connectivity index (χ4v) is 1.68. The molecule has 6 heteroatoms. The van der Waals surface area contributed by atoms with Crippen LogP contribution >= 0.6 is 0 Å². The van der Waals surface area contributed by atoms with Crippen molar-refractivity contribution in [1.29, 1.82) is 0 Å². The largest absolute Gasteiger partial charge is 0.479 e. The molecule has 1 rings (SSSR count). The summed E-state index contributed by atoms with van der Waals surface area (Å²) >= 11 is 0. The van der Waals surface area contributed by atoms with Crippen LogP contribution in [0.5, 0.6) is 0 Å². The number of hydrogen-bond acceptors (Lipinski definition) is 4. The summed E-state index contributed by atoms with van der Waals surface area (Å²) < 4.78 is 0. The van der Waals surface area contributed by atoms with Crippen molar-refractivity contribution < 1.29 is 19.8 Å². The van der Waals surface area contributed by atoms with E-state index in [4.69, 9.17) is 5.11 Å². The molecule has 1 aliphatic rings. The molecule has 1 aliphatic heterocycles. The number of aliphatic carboxylic acids is 1. The van der Waals surface area contributed by atoms with Crippen molar-refractivity contribution in [3.8, 4) is 0 Å². The zero-order chi connectivity index (χ0) is 12.3. The van der Waals surface area contributed by atoms with Crippen LogP contribution in [0.4, 0.5) is 0 Å². The van der Waals surface area contributed by atoms with Gasteiger partial charge in [-0.15, -0.1) is 0 Å². The molecule has 1 heterocycles. The van der Waals surface area contributed by atoms with Gasteiger partial charge in [0.2, 0.25) is 5.91 Å². The van der Waals surface area contributed by atoms with Crippen LogP contribution in [-0.2, 0) is 9.59 Å². The lowest BCUT2D eigenvalue weighted by Crippen LogP contribution is -2.48. The Morgan fingerprint density at radius 1 is 1.56 bits per heavy atom. The summed E-state index contributed by atoms with van der Waals surface area (Å²) in [6.07, 6.45) is 0.738. The van der Waals surface area contributed by atoms with Crippen LogP contribution < -0.4 is 10.6 Å². The standard InChI is InChI=1S/C10H18N2O4/c1-6-7(3-4-11-6)8(13)12-5-10(2,16)9(14)15/h6-7,11,16H,3-5H2,1-2H3,(H,12,13)(H,14,15). The Bertz CT molecular complexity index is 291. The molecule has 0 aromatic heterocycles. The second-order valence-corrected chi connectivity index (χ2v) is 4.43. The third-order valence-electron chi connectivity index (χ3n) is 2.93. The quantitative estimate of drug-likeness (QED) is 0.493. The third kappa shape index (κ3) is 2.93. The summed E-state index contributed by atoms with van der Waals surface area (Å²) in [5, 5.41) is 23.7. The van der Waals surface area contributed by atoms with Crippen LogP contribution in [0.1, 0.15) is 20.3 Å². The zero-order valence-corrected chi connectivity index (χ0v) is 9.49. The highest BCUT2D eigenvalue weighted by Gasteiger charge is 2.33. The van der Waals surface area contributed by atoms with E-state index >= 15 is 0 Å². The van der Waals surface area contributed by atoms with Gasteiger partial charge in [0.25, 0.3) is 0 Å². The zero-order valence-electron chi connectivity index (χ0n) is 9.49. The Kier molecular flexibility index (Phi) is 3.88. The van der Waals surface area contributed by atoms with Crippen molar-refractivity contribution in [3.05, 3.63) is 0 Å². The van der Waals surface area contributed by atoms with Crippen LogP contribution in [0.25, 0.3) is 0 Å². The maximum absolute atomic E-state index is 11.7. The molecule has 1 amide bonds. The predicted octanol–water partition coefficient (Wildman–Crippen LogP) is -1.06. The van der Waals surface area contributed by atoms with Gasteiger partial charge in [-0.1, -0.05) is 0 Å². The highest BCUT2D eigenvalue weighted by molar-refractivity contribution is 5.82. The lowest BCUT2D eigenvalue weighted by Gasteiger charge is -2.21. The van der Waals surface area contributed by atoms with Gasteiger partial charge in [-0.2, -0.15) is 0 Å². The highest BCUT2D eigenvalue weighted by Crippen LogP contribution is 2.15. The maximum atomic E-state index is 11.7.